The maximum absolute atomic E-state index is 11.7. The minimum absolute atomic E-state index is 0.118. The standard InChI is InChI=1S/C11H16N2O4/c1-7-5-9(8(2)17-7)11(15)12-6-10(14)13(3)16-4/h5H,6H2,1-4H3,(H,12,15). The fraction of sp³-hybridized carbons (Fsp3) is 0.455. The van der Waals surface area contributed by atoms with Crippen molar-refractivity contribution < 1.29 is 18.8 Å². The second kappa shape index (κ2) is 5.49. The van der Waals surface area contributed by atoms with Gasteiger partial charge in [0.05, 0.1) is 19.2 Å². The summed E-state index contributed by atoms with van der Waals surface area (Å²) >= 11 is 0. The number of hydroxylamine groups is 2. The van der Waals surface area contributed by atoms with Crippen molar-refractivity contribution in [1.29, 1.82) is 0 Å². The Bertz CT molecular complexity index is 425. The third kappa shape index (κ3) is 3.32. The fourth-order valence-corrected chi connectivity index (χ4v) is 1.32. The predicted octanol–water partition coefficient (Wildman–Crippen LogP) is 0.646. The van der Waals surface area contributed by atoms with E-state index in [2.05, 4.69) is 5.32 Å². The van der Waals surface area contributed by atoms with E-state index in [0.717, 1.165) is 5.06 Å². The summed E-state index contributed by atoms with van der Waals surface area (Å²) in [7, 11) is 2.85. The third-order valence-corrected chi connectivity index (χ3v) is 2.31. The van der Waals surface area contributed by atoms with Crippen molar-refractivity contribution in [3.8, 4) is 0 Å². The van der Waals surface area contributed by atoms with Gasteiger partial charge in [-0.05, 0) is 19.9 Å². The number of nitrogens with one attached hydrogen (secondary N) is 1. The van der Waals surface area contributed by atoms with Gasteiger partial charge in [0.25, 0.3) is 11.8 Å². The van der Waals surface area contributed by atoms with Crippen LogP contribution in [0.25, 0.3) is 0 Å². The summed E-state index contributed by atoms with van der Waals surface area (Å²) in [4.78, 5) is 27.8. The van der Waals surface area contributed by atoms with Gasteiger partial charge in [0.15, 0.2) is 0 Å². The minimum atomic E-state index is -0.336. The molecule has 0 atom stereocenters. The Kier molecular flexibility index (Phi) is 4.28. The van der Waals surface area contributed by atoms with E-state index in [0.29, 0.717) is 17.1 Å². The number of amides is 2. The molecule has 94 valence electrons. The summed E-state index contributed by atoms with van der Waals surface area (Å²) in [6.07, 6.45) is 0. The average molecular weight is 240 g/mol. The van der Waals surface area contributed by atoms with Crippen molar-refractivity contribution in [2.45, 2.75) is 13.8 Å². The first-order chi connectivity index (χ1) is 7.95. The molecule has 1 heterocycles. The maximum atomic E-state index is 11.7. The van der Waals surface area contributed by atoms with Crippen LogP contribution in [0.15, 0.2) is 10.5 Å². The lowest BCUT2D eigenvalue weighted by Crippen LogP contribution is -2.37. The highest BCUT2D eigenvalue weighted by molar-refractivity contribution is 5.97. The van der Waals surface area contributed by atoms with Gasteiger partial charge in [0.2, 0.25) is 0 Å². The molecule has 6 heteroatoms. The first-order valence-electron chi connectivity index (χ1n) is 5.11. The zero-order chi connectivity index (χ0) is 13.0. The van der Waals surface area contributed by atoms with Crippen molar-refractivity contribution in [1.82, 2.24) is 10.4 Å². The first-order valence-corrected chi connectivity index (χ1v) is 5.11. The van der Waals surface area contributed by atoms with Crippen LogP contribution < -0.4 is 5.32 Å². The zero-order valence-electron chi connectivity index (χ0n) is 10.4. The van der Waals surface area contributed by atoms with E-state index in [9.17, 15) is 9.59 Å². The van der Waals surface area contributed by atoms with Gasteiger partial charge in [-0.2, -0.15) is 0 Å². The first kappa shape index (κ1) is 13.2. The van der Waals surface area contributed by atoms with E-state index >= 15 is 0 Å². The summed E-state index contributed by atoms with van der Waals surface area (Å²) in [5.74, 6) is 0.524. The van der Waals surface area contributed by atoms with Crippen LogP contribution in [-0.2, 0) is 9.63 Å². The fourth-order valence-electron chi connectivity index (χ4n) is 1.32. The van der Waals surface area contributed by atoms with Crippen LogP contribution in [0.5, 0.6) is 0 Å². The molecule has 0 unspecified atom stereocenters. The highest BCUT2D eigenvalue weighted by atomic mass is 16.7. The summed E-state index contributed by atoms with van der Waals surface area (Å²) in [5, 5.41) is 3.55. The van der Waals surface area contributed by atoms with Crippen molar-refractivity contribution in [2.75, 3.05) is 20.7 Å². The Morgan fingerprint density at radius 3 is 2.59 bits per heavy atom. The number of likely N-dealkylation sites (N-methyl/N-ethyl adjacent to an activating group) is 1. The highest BCUT2D eigenvalue weighted by Gasteiger charge is 2.15. The smallest absolute Gasteiger partial charge is 0.265 e. The molecule has 0 bridgehead atoms. The molecule has 1 aromatic heterocycles. The lowest BCUT2D eigenvalue weighted by atomic mass is 10.2. The molecule has 1 N–H and O–H groups in total. The van der Waals surface area contributed by atoms with Crippen LogP contribution in [0.3, 0.4) is 0 Å². The summed E-state index contributed by atoms with van der Waals surface area (Å²) in [5.41, 5.74) is 0.440. The van der Waals surface area contributed by atoms with E-state index in [1.54, 1.807) is 19.9 Å². The second-order valence-corrected chi connectivity index (χ2v) is 3.58. The van der Waals surface area contributed by atoms with Crippen LogP contribution in [0, 0.1) is 13.8 Å². The Morgan fingerprint density at radius 2 is 2.12 bits per heavy atom. The number of carbonyl (C=O) groups excluding carboxylic acids is 2. The van der Waals surface area contributed by atoms with Crippen LogP contribution in [0.4, 0.5) is 0 Å². The second-order valence-electron chi connectivity index (χ2n) is 3.58. The molecule has 1 rings (SSSR count). The van der Waals surface area contributed by atoms with Gasteiger partial charge in [0.1, 0.15) is 11.5 Å². The van der Waals surface area contributed by atoms with Crippen LogP contribution in [-0.4, -0.2) is 37.6 Å². The molecule has 0 saturated carbocycles. The van der Waals surface area contributed by atoms with Gasteiger partial charge in [-0.25, -0.2) is 5.06 Å². The molecule has 0 saturated heterocycles. The molecule has 1 aromatic rings. The molecular formula is C11H16N2O4. The number of nitrogens with zero attached hydrogens (tertiary/aromatic N) is 1. The molecular weight excluding hydrogens is 224 g/mol. The summed E-state index contributed by atoms with van der Waals surface area (Å²) < 4.78 is 5.23. The predicted molar refractivity (Wildman–Crippen MR) is 60.3 cm³/mol. The van der Waals surface area contributed by atoms with E-state index in [1.165, 1.54) is 14.2 Å². The molecule has 0 aliphatic heterocycles. The van der Waals surface area contributed by atoms with E-state index in [1.807, 2.05) is 0 Å². The van der Waals surface area contributed by atoms with Gasteiger partial charge < -0.3 is 9.73 Å². The van der Waals surface area contributed by atoms with Crippen LogP contribution in [0.1, 0.15) is 21.9 Å². The SMILES string of the molecule is CON(C)C(=O)CNC(=O)c1cc(C)oc1C. The molecule has 6 nitrogen and oxygen atoms in total. The van der Waals surface area contributed by atoms with Gasteiger partial charge in [-0.15, -0.1) is 0 Å². The van der Waals surface area contributed by atoms with Gasteiger partial charge in [-0.3, -0.25) is 14.4 Å². The Balaban J connectivity index is 2.56. The molecule has 0 radical (unpaired) electrons. The number of carbonyl (C=O) groups is 2. The monoisotopic (exact) mass is 240 g/mol. The topological polar surface area (TPSA) is 71.8 Å². The number of aryl methyl sites for hydroxylation is 2. The molecule has 2 amide bonds. The molecule has 17 heavy (non-hydrogen) atoms. The van der Waals surface area contributed by atoms with Crippen LogP contribution in [0.2, 0.25) is 0 Å². The normalized spacial score (nSPS) is 10.1. The number of hydrogen-bond acceptors (Lipinski definition) is 4. The van der Waals surface area contributed by atoms with Gasteiger partial charge in [0, 0.05) is 7.05 Å². The number of furan rings is 1. The third-order valence-electron chi connectivity index (χ3n) is 2.31. The largest absolute Gasteiger partial charge is 0.466 e. The highest BCUT2D eigenvalue weighted by Crippen LogP contribution is 2.13. The van der Waals surface area contributed by atoms with Gasteiger partial charge >= 0.3 is 0 Å². The van der Waals surface area contributed by atoms with Crippen molar-refractivity contribution in [2.24, 2.45) is 0 Å². The number of rotatable bonds is 4. The average Bonchev–Trinajstić information content (AvgIpc) is 2.63. The zero-order valence-corrected chi connectivity index (χ0v) is 10.4. The molecule has 0 fully saturated rings. The van der Waals surface area contributed by atoms with Crippen LogP contribution >= 0.6 is 0 Å². The summed E-state index contributed by atoms with van der Waals surface area (Å²) in [6, 6.07) is 1.63. The molecule has 0 aliphatic carbocycles. The molecule has 0 aliphatic rings. The van der Waals surface area contributed by atoms with Crippen molar-refractivity contribution in [3.63, 3.8) is 0 Å². The van der Waals surface area contributed by atoms with E-state index in [-0.39, 0.29) is 18.4 Å². The Labute approximate surface area is 99.5 Å². The van der Waals surface area contributed by atoms with Gasteiger partial charge in [-0.1, -0.05) is 0 Å². The van der Waals surface area contributed by atoms with E-state index in [4.69, 9.17) is 9.25 Å². The maximum Gasteiger partial charge on any atom is 0.265 e. The molecule has 0 spiro atoms. The van der Waals surface area contributed by atoms with Crippen molar-refractivity contribution in [3.05, 3.63) is 23.2 Å². The quantitative estimate of drug-likeness (QED) is 0.784. The lowest BCUT2D eigenvalue weighted by Gasteiger charge is -2.13. The number of hydrogen-bond donors (Lipinski definition) is 1. The van der Waals surface area contributed by atoms with Crippen molar-refractivity contribution >= 4 is 11.8 Å². The van der Waals surface area contributed by atoms with E-state index < -0.39 is 0 Å². The Morgan fingerprint density at radius 1 is 1.47 bits per heavy atom. The lowest BCUT2D eigenvalue weighted by molar-refractivity contribution is -0.167. The minimum Gasteiger partial charge on any atom is -0.466 e. The Hall–Kier alpha value is -1.82. The molecule has 0 aromatic carbocycles. The summed E-state index contributed by atoms with van der Waals surface area (Å²) in [6.45, 7) is 3.34.